The van der Waals surface area contributed by atoms with E-state index in [1.165, 1.54) is 0 Å². The molecule has 5 nitrogen and oxygen atoms in total. The molecule has 1 atom stereocenters. The minimum atomic E-state index is -0.936. The number of carboxylic acids is 1. The van der Waals surface area contributed by atoms with Gasteiger partial charge in [0, 0.05) is 6.54 Å². The number of nitrogens with two attached hydrogens (primary N) is 1. The van der Waals surface area contributed by atoms with Gasteiger partial charge in [-0.25, -0.2) is 0 Å². The van der Waals surface area contributed by atoms with Gasteiger partial charge in [-0.2, -0.15) is 0 Å². The van der Waals surface area contributed by atoms with Crippen molar-refractivity contribution in [3.8, 4) is 0 Å². The molecule has 0 aromatic carbocycles. The first-order chi connectivity index (χ1) is 6.25. The van der Waals surface area contributed by atoms with Gasteiger partial charge in [-0.1, -0.05) is 20.8 Å². The Balaban J connectivity index is 3.91. The van der Waals surface area contributed by atoms with Crippen molar-refractivity contribution in [1.29, 1.82) is 0 Å². The SMILES string of the molecule is CC(C)(C)[C@H](N)C(=O)NCCC(=O)O. The molecule has 0 aliphatic heterocycles. The van der Waals surface area contributed by atoms with E-state index in [0.29, 0.717) is 0 Å². The molecular weight excluding hydrogens is 184 g/mol. The molecular formula is C9H18N2O3. The van der Waals surface area contributed by atoms with E-state index < -0.39 is 12.0 Å². The predicted octanol–water partition coefficient (Wildman–Crippen LogP) is -0.0493. The first-order valence-corrected chi connectivity index (χ1v) is 4.50. The Kier molecular flexibility index (Phi) is 4.56. The minimum Gasteiger partial charge on any atom is -0.481 e. The van der Waals surface area contributed by atoms with Gasteiger partial charge in [-0.15, -0.1) is 0 Å². The molecule has 0 aromatic heterocycles. The number of carboxylic acid groups (broad SMARTS) is 1. The van der Waals surface area contributed by atoms with Crippen molar-refractivity contribution in [1.82, 2.24) is 5.32 Å². The van der Waals surface area contributed by atoms with Crippen LogP contribution >= 0.6 is 0 Å². The van der Waals surface area contributed by atoms with Gasteiger partial charge >= 0.3 is 5.97 Å². The second-order valence-corrected chi connectivity index (χ2v) is 4.28. The third-order valence-electron chi connectivity index (χ3n) is 1.85. The van der Waals surface area contributed by atoms with Crippen LogP contribution in [0.25, 0.3) is 0 Å². The van der Waals surface area contributed by atoms with E-state index in [2.05, 4.69) is 5.32 Å². The topological polar surface area (TPSA) is 92.4 Å². The molecule has 0 aliphatic carbocycles. The maximum atomic E-state index is 11.3. The molecule has 5 heteroatoms. The minimum absolute atomic E-state index is 0.0808. The molecule has 0 saturated heterocycles. The Morgan fingerprint density at radius 3 is 2.29 bits per heavy atom. The Morgan fingerprint density at radius 2 is 1.93 bits per heavy atom. The molecule has 0 spiro atoms. The molecule has 0 rings (SSSR count). The highest BCUT2D eigenvalue weighted by Crippen LogP contribution is 2.16. The third kappa shape index (κ3) is 4.81. The van der Waals surface area contributed by atoms with Crippen LogP contribution < -0.4 is 11.1 Å². The summed E-state index contributed by atoms with van der Waals surface area (Å²) in [5.41, 5.74) is 5.34. The second kappa shape index (κ2) is 4.95. The second-order valence-electron chi connectivity index (χ2n) is 4.28. The predicted molar refractivity (Wildman–Crippen MR) is 52.7 cm³/mol. The molecule has 0 bridgehead atoms. The molecule has 14 heavy (non-hydrogen) atoms. The average molecular weight is 202 g/mol. The number of hydrogen-bond donors (Lipinski definition) is 3. The maximum Gasteiger partial charge on any atom is 0.305 e. The lowest BCUT2D eigenvalue weighted by molar-refractivity contribution is -0.137. The number of nitrogens with one attached hydrogen (secondary N) is 1. The quantitative estimate of drug-likeness (QED) is 0.596. The summed E-state index contributed by atoms with van der Waals surface area (Å²) in [6.45, 7) is 5.69. The van der Waals surface area contributed by atoms with Crippen molar-refractivity contribution in [2.75, 3.05) is 6.54 Å². The van der Waals surface area contributed by atoms with Crippen molar-refractivity contribution in [2.45, 2.75) is 33.2 Å². The normalized spacial score (nSPS) is 13.4. The summed E-state index contributed by atoms with van der Waals surface area (Å²) < 4.78 is 0. The molecule has 0 saturated carbocycles. The fraction of sp³-hybridized carbons (Fsp3) is 0.778. The molecule has 0 radical (unpaired) electrons. The fourth-order valence-electron chi connectivity index (χ4n) is 0.796. The third-order valence-corrected chi connectivity index (χ3v) is 1.85. The summed E-state index contributed by atoms with van der Waals surface area (Å²) in [6.07, 6.45) is -0.0808. The van der Waals surface area contributed by atoms with Gasteiger partial charge in [0.15, 0.2) is 0 Å². The van der Waals surface area contributed by atoms with Crippen molar-refractivity contribution in [3.05, 3.63) is 0 Å². The van der Waals surface area contributed by atoms with Crippen LogP contribution in [0.1, 0.15) is 27.2 Å². The lowest BCUT2D eigenvalue weighted by Gasteiger charge is -2.25. The maximum absolute atomic E-state index is 11.3. The van der Waals surface area contributed by atoms with Crippen LogP contribution in [-0.4, -0.2) is 29.6 Å². The van der Waals surface area contributed by atoms with Crippen LogP contribution in [0.3, 0.4) is 0 Å². The summed E-state index contributed by atoms with van der Waals surface area (Å²) >= 11 is 0. The van der Waals surface area contributed by atoms with Gasteiger partial charge in [0.1, 0.15) is 0 Å². The zero-order valence-corrected chi connectivity index (χ0v) is 8.83. The van der Waals surface area contributed by atoms with Crippen molar-refractivity contribution in [2.24, 2.45) is 11.1 Å². The zero-order valence-electron chi connectivity index (χ0n) is 8.83. The first kappa shape index (κ1) is 12.9. The number of rotatable bonds is 4. The van der Waals surface area contributed by atoms with Gasteiger partial charge in [0.05, 0.1) is 12.5 Å². The number of carbonyl (C=O) groups excluding carboxylic acids is 1. The summed E-state index contributed by atoms with van der Waals surface area (Å²) in [6, 6.07) is -0.615. The Labute approximate surface area is 83.7 Å². The molecule has 0 aromatic rings. The van der Waals surface area contributed by atoms with Gasteiger partial charge < -0.3 is 16.2 Å². The smallest absolute Gasteiger partial charge is 0.305 e. The Hall–Kier alpha value is -1.10. The van der Waals surface area contributed by atoms with Crippen LogP contribution in [-0.2, 0) is 9.59 Å². The number of carbonyl (C=O) groups is 2. The van der Waals surface area contributed by atoms with E-state index in [1.807, 2.05) is 20.8 Å². The van der Waals surface area contributed by atoms with E-state index in [4.69, 9.17) is 10.8 Å². The van der Waals surface area contributed by atoms with Crippen molar-refractivity contribution < 1.29 is 14.7 Å². The van der Waals surface area contributed by atoms with Gasteiger partial charge in [0.2, 0.25) is 5.91 Å². The lowest BCUT2D eigenvalue weighted by atomic mass is 9.87. The van der Waals surface area contributed by atoms with E-state index in [9.17, 15) is 9.59 Å². The van der Waals surface area contributed by atoms with Crippen molar-refractivity contribution in [3.63, 3.8) is 0 Å². The molecule has 0 fully saturated rings. The largest absolute Gasteiger partial charge is 0.481 e. The van der Waals surface area contributed by atoms with Crippen LogP contribution in [0, 0.1) is 5.41 Å². The van der Waals surface area contributed by atoms with E-state index in [0.717, 1.165) is 0 Å². The lowest BCUT2D eigenvalue weighted by Crippen LogP contribution is -2.48. The van der Waals surface area contributed by atoms with E-state index >= 15 is 0 Å². The summed E-state index contributed by atoms with van der Waals surface area (Å²) in [5.74, 6) is -1.24. The van der Waals surface area contributed by atoms with E-state index in [-0.39, 0.29) is 24.3 Å². The van der Waals surface area contributed by atoms with Gasteiger partial charge in [-0.05, 0) is 5.41 Å². The van der Waals surface area contributed by atoms with Crippen molar-refractivity contribution >= 4 is 11.9 Å². The van der Waals surface area contributed by atoms with Crippen LogP contribution in [0.15, 0.2) is 0 Å². The first-order valence-electron chi connectivity index (χ1n) is 4.50. The average Bonchev–Trinajstić information content (AvgIpc) is 2.00. The Morgan fingerprint density at radius 1 is 1.43 bits per heavy atom. The van der Waals surface area contributed by atoms with Crippen LogP contribution in [0.5, 0.6) is 0 Å². The number of hydrogen-bond acceptors (Lipinski definition) is 3. The van der Waals surface area contributed by atoms with Crippen LogP contribution in [0.4, 0.5) is 0 Å². The molecule has 1 amide bonds. The molecule has 4 N–H and O–H groups in total. The summed E-state index contributed by atoms with van der Waals surface area (Å²) in [4.78, 5) is 21.5. The standard InChI is InChI=1S/C9H18N2O3/c1-9(2,3)7(10)8(14)11-5-4-6(12)13/h7H,4-5,10H2,1-3H3,(H,11,14)(H,12,13)/t7-/m1/s1. The highest BCUT2D eigenvalue weighted by molar-refractivity contribution is 5.82. The zero-order chi connectivity index (χ0) is 11.4. The fourth-order valence-corrected chi connectivity index (χ4v) is 0.796. The summed E-state index contributed by atoms with van der Waals surface area (Å²) in [7, 11) is 0. The number of aliphatic carboxylic acids is 1. The van der Waals surface area contributed by atoms with Crippen LogP contribution in [0.2, 0.25) is 0 Å². The van der Waals surface area contributed by atoms with Gasteiger partial charge in [0.25, 0.3) is 0 Å². The molecule has 0 aliphatic rings. The van der Waals surface area contributed by atoms with E-state index in [1.54, 1.807) is 0 Å². The summed E-state index contributed by atoms with van der Waals surface area (Å²) in [5, 5.41) is 10.8. The highest BCUT2D eigenvalue weighted by Gasteiger charge is 2.26. The Bertz CT molecular complexity index is 221. The highest BCUT2D eigenvalue weighted by atomic mass is 16.4. The molecule has 0 unspecified atom stereocenters. The van der Waals surface area contributed by atoms with Gasteiger partial charge in [-0.3, -0.25) is 9.59 Å². The molecule has 0 heterocycles. The number of amides is 1. The molecule has 82 valence electrons. The monoisotopic (exact) mass is 202 g/mol.